The summed E-state index contributed by atoms with van der Waals surface area (Å²) in [7, 11) is 0. The fourth-order valence-corrected chi connectivity index (χ4v) is 6.26. The van der Waals surface area contributed by atoms with Crippen LogP contribution in [0.3, 0.4) is 0 Å². The third-order valence-electron chi connectivity index (χ3n) is 6.24. The number of aromatic amines is 1. The second-order valence-electron chi connectivity index (χ2n) is 8.28. The lowest BCUT2D eigenvalue weighted by molar-refractivity contribution is 0.0923. The van der Waals surface area contributed by atoms with Crippen LogP contribution in [0.25, 0.3) is 10.2 Å². The number of thiophene rings is 1. The van der Waals surface area contributed by atoms with Gasteiger partial charge in [-0.1, -0.05) is 67.2 Å². The normalized spacial score (nSPS) is 22.4. The summed E-state index contributed by atoms with van der Waals surface area (Å²) in [6.45, 7) is 2.34. The molecule has 146 valence electrons. The summed E-state index contributed by atoms with van der Waals surface area (Å²) in [6, 6.07) is 10.6. The molecule has 3 aromatic rings. The Morgan fingerprint density at radius 3 is 2.86 bits per heavy atom. The predicted octanol–water partition coefficient (Wildman–Crippen LogP) is 6.41. The zero-order valence-corrected chi connectivity index (χ0v) is 17.9. The maximum absolute atomic E-state index is 13.0. The van der Waals surface area contributed by atoms with Crippen LogP contribution in [0, 0.1) is 11.8 Å². The Morgan fingerprint density at radius 2 is 2.11 bits per heavy atom. The Hall–Kier alpha value is -1.49. The molecule has 0 aliphatic heterocycles. The number of hydrogen-bond acceptors (Lipinski definition) is 2. The van der Waals surface area contributed by atoms with Gasteiger partial charge in [0.2, 0.25) is 0 Å². The van der Waals surface area contributed by atoms with Gasteiger partial charge in [0.1, 0.15) is 10.0 Å². The van der Waals surface area contributed by atoms with Crippen molar-refractivity contribution in [3.05, 3.63) is 56.5 Å². The molecular formula is C22H22Cl2N2OS. The molecular weight excluding hydrogens is 411 g/mol. The van der Waals surface area contributed by atoms with Crippen molar-refractivity contribution in [2.24, 2.45) is 11.8 Å². The molecule has 3 atom stereocenters. The summed E-state index contributed by atoms with van der Waals surface area (Å²) in [4.78, 5) is 16.2. The van der Waals surface area contributed by atoms with Gasteiger partial charge in [-0.3, -0.25) is 4.79 Å². The van der Waals surface area contributed by atoms with E-state index in [0.717, 1.165) is 22.6 Å². The van der Waals surface area contributed by atoms with Crippen LogP contribution >= 0.6 is 34.5 Å². The van der Waals surface area contributed by atoms with E-state index in [4.69, 9.17) is 23.2 Å². The molecule has 28 heavy (non-hydrogen) atoms. The lowest BCUT2D eigenvalue weighted by Gasteiger charge is -2.27. The van der Waals surface area contributed by atoms with E-state index in [0.29, 0.717) is 26.9 Å². The maximum atomic E-state index is 13.0. The van der Waals surface area contributed by atoms with Crippen molar-refractivity contribution in [3.63, 3.8) is 0 Å². The molecule has 2 aromatic heterocycles. The average molecular weight is 433 g/mol. The third-order valence-corrected chi connectivity index (χ3v) is 8.17. The van der Waals surface area contributed by atoms with Crippen LogP contribution in [0.2, 0.25) is 9.36 Å². The third kappa shape index (κ3) is 3.26. The topological polar surface area (TPSA) is 44.9 Å². The molecule has 1 amide bonds. The van der Waals surface area contributed by atoms with Crippen LogP contribution in [-0.4, -0.2) is 16.9 Å². The van der Waals surface area contributed by atoms with E-state index in [-0.39, 0.29) is 11.9 Å². The number of nitrogens with one attached hydrogen (secondary N) is 2. The standard InChI is InChI=1S/C22H22Cl2N2OS/c1-11(8-12-6-7-12)18-14-5-3-2-4-13(14)9-15(18)26-22(27)16-10-17-20(25-16)19(23)21(24)28-17/h2-5,10-12,15,18,25H,6-9H2,1H3,(H,26,27)/t11?,15?,18-/m1/s1. The van der Waals surface area contributed by atoms with Crippen LogP contribution in [-0.2, 0) is 6.42 Å². The van der Waals surface area contributed by atoms with E-state index in [9.17, 15) is 4.79 Å². The molecule has 2 aliphatic rings. The number of carbonyl (C=O) groups is 1. The quantitative estimate of drug-likeness (QED) is 0.480. The molecule has 0 saturated heterocycles. The fraction of sp³-hybridized carbons (Fsp3) is 0.409. The van der Waals surface area contributed by atoms with E-state index in [1.165, 1.54) is 41.7 Å². The van der Waals surface area contributed by atoms with Gasteiger partial charge in [-0.25, -0.2) is 0 Å². The highest BCUT2D eigenvalue weighted by atomic mass is 35.5. The van der Waals surface area contributed by atoms with Crippen molar-refractivity contribution in [1.29, 1.82) is 0 Å². The number of benzene rings is 1. The number of hydrogen-bond donors (Lipinski definition) is 2. The Bertz CT molecular complexity index is 1050. The maximum Gasteiger partial charge on any atom is 0.268 e. The van der Waals surface area contributed by atoms with E-state index in [1.54, 1.807) is 0 Å². The molecule has 6 heteroatoms. The zero-order valence-electron chi connectivity index (χ0n) is 15.6. The zero-order chi connectivity index (χ0) is 19.4. The van der Waals surface area contributed by atoms with Crippen molar-refractivity contribution in [1.82, 2.24) is 10.3 Å². The molecule has 2 heterocycles. The molecule has 1 saturated carbocycles. The molecule has 2 unspecified atom stereocenters. The Labute approximate surface area is 178 Å². The second kappa shape index (κ2) is 7.08. The molecule has 0 bridgehead atoms. The SMILES string of the molecule is CC(CC1CC1)[C@@H]1c2ccccc2CC1NC(=O)c1cc2sc(Cl)c(Cl)c2[nH]1. The van der Waals surface area contributed by atoms with Gasteiger partial charge < -0.3 is 10.3 Å². The van der Waals surface area contributed by atoms with E-state index in [1.807, 2.05) is 6.07 Å². The summed E-state index contributed by atoms with van der Waals surface area (Å²) in [5, 5.41) is 3.80. The minimum atomic E-state index is -0.0722. The van der Waals surface area contributed by atoms with E-state index < -0.39 is 0 Å². The van der Waals surface area contributed by atoms with Crippen LogP contribution in [0.5, 0.6) is 0 Å². The van der Waals surface area contributed by atoms with Crippen molar-refractivity contribution >= 4 is 50.7 Å². The molecule has 1 fully saturated rings. The lowest BCUT2D eigenvalue weighted by Crippen LogP contribution is -2.40. The van der Waals surface area contributed by atoms with Crippen molar-refractivity contribution in [2.75, 3.05) is 0 Å². The minimum absolute atomic E-state index is 0.0722. The summed E-state index contributed by atoms with van der Waals surface area (Å²) < 4.78 is 1.46. The fourth-order valence-electron chi connectivity index (χ4n) is 4.78. The van der Waals surface area contributed by atoms with E-state index >= 15 is 0 Å². The molecule has 0 spiro atoms. The first kappa shape index (κ1) is 18.5. The number of carbonyl (C=O) groups excluding carboxylic acids is 1. The van der Waals surface area contributed by atoms with Crippen molar-refractivity contribution in [2.45, 2.75) is 44.6 Å². The molecule has 3 nitrogen and oxygen atoms in total. The Kier molecular flexibility index (Phi) is 4.69. The summed E-state index contributed by atoms with van der Waals surface area (Å²) in [5.74, 6) is 1.73. The molecule has 2 aliphatic carbocycles. The smallest absolute Gasteiger partial charge is 0.268 e. The molecule has 2 N–H and O–H groups in total. The number of amides is 1. The number of halogens is 2. The van der Waals surface area contributed by atoms with Gasteiger partial charge in [0.05, 0.1) is 15.2 Å². The van der Waals surface area contributed by atoms with Crippen LogP contribution < -0.4 is 5.32 Å². The van der Waals surface area contributed by atoms with E-state index in [2.05, 4.69) is 41.5 Å². The van der Waals surface area contributed by atoms with Gasteiger partial charge in [-0.15, -0.1) is 11.3 Å². The van der Waals surface area contributed by atoms with Gasteiger partial charge in [-0.2, -0.15) is 0 Å². The lowest BCUT2D eigenvalue weighted by atomic mass is 9.82. The van der Waals surface area contributed by atoms with Crippen molar-refractivity contribution < 1.29 is 4.79 Å². The largest absolute Gasteiger partial charge is 0.349 e. The molecule has 5 rings (SSSR count). The molecule has 1 aromatic carbocycles. The van der Waals surface area contributed by atoms with Gasteiger partial charge in [-0.05, 0) is 41.9 Å². The first-order chi connectivity index (χ1) is 13.5. The minimum Gasteiger partial charge on any atom is -0.349 e. The number of rotatable bonds is 5. The highest BCUT2D eigenvalue weighted by Gasteiger charge is 2.39. The van der Waals surface area contributed by atoms with Gasteiger partial charge in [0.25, 0.3) is 5.91 Å². The Balaban J connectivity index is 1.39. The highest BCUT2D eigenvalue weighted by molar-refractivity contribution is 7.23. The first-order valence-corrected chi connectivity index (χ1v) is 11.4. The summed E-state index contributed by atoms with van der Waals surface area (Å²) in [6.07, 6.45) is 4.86. The van der Waals surface area contributed by atoms with Crippen molar-refractivity contribution in [3.8, 4) is 0 Å². The van der Waals surface area contributed by atoms with Crippen LogP contribution in [0.1, 0.15) is 53.7 Å². The van der Waals surface area contributed by atoms with Crippen LogP contribution in [0.4, 0.5) is 0 Å². The Morgan fingerprint density at radius 1 is 1.32 bits per heavy atom. The van der Waals surface area contributed by atoms with Crippen LogP contribution in [0.15, 0.2) is 30.3 Å². The number of H-pyrrole nitrogens is 1. The van der Waals surface area contributed by atoms with Gasteiger partial charge >= 0.3 is 0 Å². The first-order valence-electron chi connectivity index (χ1n) is 9.86. The molecule has 0 radical (unpaired) electrons. The predicted molar refractivity (Wildman–Crippen MR) is 117 cm³/mol. The van der Waals surface area contributed by atoms with Gasteiger partial charge in [0, 0.05) is 12.0 Å². The number of fused-ring (bicyclic) bond motifs is 2. The van der Waals surface area contributed by atoms with Gasteiger partial charge in [0.15, 0.2) is 0 Å². The second-order valence-corrected chi connectivity index (χ2v) is 10.3. The highest BCUT2D eigenvalue weighted by Crippen LogP contribution is 2.45. The summed E-state index contributed by atoms with van der Waals surface area (Å²) in [5.41, 5.74) is 4.06. The summed E-state index contributed by atoms with van der Waals surface area (Å²) >= 11 is 13.7. The number of aromatic nitrogens is 1. The average Bonchev–Trinajstić information content (AvgIpc) is 3.16. The monoisotopic (exact) mass is 432 g/mol.